The normalized spacial score (nSPS) is 17.8. The molecule has 1 aliphatic rings. The van der Waals surface area contributed by atoms with Gasteiger partial charge in [0.25, 0.3) is 5.91 Å². The minimum Gasteiger partial charge on any atom is -0.340 e. The van der Waals surface area contributed by atoms with Crippen LogP contribution in [-0.4, -0.2) is 28.9 Å². The highest BCUT2D eigenvalue weighted by atomic mass is 19.4. The average Bonchev–Trinajstić information content (AvgIpc) is 2.61. The lowest BCUT2D eigenvalue weighted by Crippen LogP contribution is -2.39. The Labute approximate surface area is 150 Å². The van der Waals surface area contributed by atoms with Gasteiger partial charge in [-0.05, 0) is 55.2 Å². The summed E-state index contributed by atoms with van der Waals surface area (Å²) in [6.45, 7) is 3.61. The van der Waals surface area contributed by atoms with Crippen LogP contribution < -0.4 is 5.32 Å². The van der Waals surface area contributed by atoms with Crippen LogP contribution in [0.1, 0.15) is 35.7 Å². The first-order chi connectivity index (χ1) is 12.3. The largest absolute Gasteiger partial charge is 0.416 e. The van der Waals surface area contributed by atoms with Crippen LogP contribution in [0.15, 0.2) is 42.6 Å². The number of carbonyl (C=O) groups is 1. The van der Waals surface area contributed by atoms with Gasteiger partial charge in [-0.1, -0.05) is 6.92 Å². The van der Waals surface area contributed by atoms with Gasteiger partial charge in [0, 0.05) is 30.5 Å². The minimum absolute atomic E-state index is 0.0468. The van der Waals surface area contributed by atoms with Gasteiger partial charge in [-0.2, -0.15) is 13.2 Å². The summed E-state index contributed by atoms with van der Waals surface area (Å²) in [4.78, 5) is 18.6. The van der Waals surface area contributed by atoms with E-state index in [1.54, 1.807) is 12.1 Å². The number of pyridine rings is 1. The number of piperidine rings is 1. The molecule has 7 heteroatoms. The molecular weight excluding hydrogens is 343 g/mol. The Morgan fingerprint density at radius 1 is 1.23 bits per heavy atom. The number of hydrogen-bond donors (Lipinski definition) is 1. The Morgan fingerprint density at radius 2 is 1.96 bits per heavy atom. The molecule has 138 valence electrons. The third-order valence-electron chi connectivity index (χ3n) is 4.44. The van der Waals surface area contributed by atoms with Crippen LogP contribution in [0.25, 0.3) is 0 Å². The summed E-state index contributed by atoms with van der Waals surface area (Å²) in [6.07, 6.45) is -0.725. The number of benzene rings is 1. The van der Waals surface area contributed by atoms with Gasteiger partial charge in [0.1, 0.15) is 5.82 Å². The Kier molecular flexibility index (Phi) is 5.15. The summed E-state index contributed by atoms with van der Waals surface area (Å²) in [7, 11) is 0. The molecule has 2 heterocycles. The monoisotopic (exact) mass is 363 g/mol. The third-order valence-corrected chi connectivity index (χ3v) is 4.44. The summed E-state index contributed by atoms with van der Waals surface area (Å²) in [5, 5.41) is 2.94. The van der Waals surface area contributed by atoms with Gasteiger partial charge < -0.3 is 10.2 Å². The Hall–Kier alpha value is -2.57. The molecule has 1 N–H and O–H groups in total. The van der Waals surface area contributed by atoms with Gasteiger partial charge in [-0.3, -0.25) is 4.79 Å². The van der Waals surface area contributed by atoms with Crippen LogP contribution >= 0.6 is 0 Å². The molecule has 4 nitrogen and oxygen atoms in total. The summed E-state index contributed by atoms with van der Waals surface area (Å²) in [6, 6.07) is 7.97. The molecule has 1 aromatic heterocycles. The zero-order valence-electron chi connectivity index (χ0n) is 14.4. The molecule has 1 atom stereocenters. The van der Waals surface area contributed by atoms with E-state index in [4.69, 9.17) is 0 Å². The Bertz CT molecular complexity index is 774. The molecule has 1 amide bonds. The predicted molar refractivity (Wildman–Crippen MR) is 93.3 cm³/mol. The number of nitrogens with zero attached hydrogens (tertiary/aromatic N) is 2. The molecule has 0 radical (unpaired) electrons. The smallest absolute Gasteiger partial charge is 0.340 e. The number of rotatable bonds is 3. The van der Waals surface area contributed by atoms with Crippen molar-refractivity contribution in [3.8, 4) is 0 Å². The number of likely N-dealkylation sites (tertiary alicyclic amines) is 1. The van der Waals surface area contributed by atoms with Gasteiger partial charge in [0.05, 0.1) is 5.56 Å². The molecule has 0 bridgehead atoms. The maximum Gasteiger partial charge on any atom is 0.416 e. The first-order valence-corrected chi connectivity index (χ1v) is 8.52. The fraction of sp³-hybridized carbons (Fsp3) is 0.368. The van der Waals surface area contributed by atoms with E-state index >= 15 is 0 Å². The average molecular weight is 363 g/mol. The van der Waals surface area contributed by atoms with Crippen molar-refractivity contribution >= 4 is 17.4 Å². The van der Waals surface area contributed by atoms with Crippen molar-refractivity contribution in [2.45, 2.75) is 25.9 Å². The van der Waals surface area contributed by atoms with E-state index in [0.717, 1.165) is 38.1 Å². The van der Waals surface area contributed by atoms with Gasteiger partial charge in [0.2, 0.25) is 0 Å². The van der Waals surface area contributed by atoms with Crippen molar-refractivity contribution < 1.29 is 18.0 Å². The standard InChI is InChI=1S/C19H20F3N3O/c1-13-3-2-10-25(12-13)18(26)14-8-9-23-17(11-14)24-16-6-4-15(5-7-16)19(20,21)22/h4-9,11,13H,2-3,10,12H2,1H3,(H,23,24). The van der Waals surface area contributed by atoms with Crippen molar-refractivity contribution in [3.63, 3.8) is 0 Å². The summed E-state index contributed by atoms with van der Waals surface area (Å²) < 4.78 is 37.9. The topological polar surface area (TPSA) is 45.2 Å². The molecule has 0 saturated carbocycles. The highest BCUT2D eigenvalue weighted by Crippen LogP contribution is 2.30. The van der Waals surface area contributed by atoms with E-state index in [-0.39, 0.29) is 5.91 Å². The third kappa shape index (κ3) is 4.33. The van der Waals surface area contributed by atoms with Crippen LogP contribution in [0.5, 0.6) is 0 Å². The lowest BCUT2D eigenvalue weighted by Gasteiger charge is -2.31. The number of amides is 1. The highest BCUT2D eigenvalue weighted by molar-refractivity contribution is 5.95. The fourth-order valence-electron chi connectivity index (χ4n) is 3.08. The van der Waals surface area contributed by atoms with Crippen molar-refractivity contribution in [3.05, 3.63) is 53.7 Å². The Balaban J connectivity index is 1.72. The van der Waals surface area contributed by atoms with Crippen molar-refractivity contribution in [1.29, 1.82) is 0 Å². The molecular formula is C19H20F3N3O. The molecule has 3 rings (SSSR count). The van der Waals surface area contributed by atoms with Crippen molar-refractivity contribution in [1.82, 2.24) is 9.88 Å². The van der Waals surface area contributed by atoms with E-state index in [1.807, 2.05) is 4.90 Å². The van der Waals surface area contributed by atoms with Crippen molar-refractivity contribution in [2.24, 2.45) is 5.92 Å². The lowest BCUT2D eigenvalue weighted by atomic mass is 9.99. The minimum atomic E-state index is -4.37. The van der Waals surface area contributed by atoms with Crippen LogP contribution in [0.3, 0.4) is 0 Å². The second-order valence-electron chi connectivity index (χ2n) is 6.63. The van der Waals surface area contributed by atoms with Gasteiger partial charge in [-0.15, -0.1) is 0 Å². The summed E-state index contributed by atoms with van der Waals surface area (Å²) >= 11 is 0. The second-order valence-corrected chi connectivity index (χ2v) is 6.63. The maximum absolute atomic E-state index is 12.7. The van der Waals surface area contributed by atoms with E-state index in [9.17, 15) is 18.0 Å². The lowest BCUT2D eigenvalue weighted by molar-refractivity contribution is -0.137. The number of alkyl halides is 3. The number of carbonyl (C=O) groups excluding carboxylic acids is 1. The number of nitrogens with one attached hydrogen (secondary N) is 1. The molecule has 0 aliphatic carbocycles. The maximum atomic E-state index is 12.7. The molecule has 0 spiro atoms. The van der Waals surface area contributed by atoms with Crippen LogP contribution in [0, 0.1) is 5.92 Å². The van der Waals surface area contributed by atoms with Gasteiger partial charge in [0.15, 0.2) is 0 Å². The van der Waals surface area contributed by atoms with E-state index in [2.05, 4.69) is 17.2 Å². The van der Waals surface area contributed by atoms with Gasteiger partial charge in [-0.25, -0.2) is 4.98 Å². The van der Waals surface area contributed by atoms with E-state index < -0.39 is 11.7 Å². The number of halogens is 3. The number of aromatic nitrogens is 1. The van der Waals surface area contributed by atoms with Crippen LogP contribution in [0.4, 0.5) is 24.7 Å². The molecule has 1 saturated heterocycles. The summed E-state index contributed by atoms with van der Waals surface area (Å²) in [5.41, 5.74) is 0.282. The van der Waals surface area contributed by atoms with Gasteiger partial charge >= 0.3 is 6.18 Å². The highest BCUT2D eigenvalue weighted by Gasteiger charge is 2.30. The quantitative estimate of drug-likeness (QED) is 0.859. The zero-order valence-corrected chi connectivity index (χ0v) is 14.4. The second kappa shape index (κ2) is 7.35. The SMILES string of the molecule is CC1CCCN(C(=O)c2ccnc(Nc3ccc(C(F)(F)F)cc3)c2)C1. The van der Waals surface area contributed by atoms with E-state index in [1.165, 1.54) is 18.3 Å². The number of anilines is 2. The zero-order chi connectivity index (χ0) is 18.7. The van der Waals surface area contributed by atoms with Crippen LogP contribution in [0.2, 0.25) is 0 Å². The first-order valence-electron chi connectivity index (χ1n) is 8.52. The molecule has 26 heavy (non-hydrogen) atoms. The first kappa shape index (κ1) is 18.2. The molecule has 2 aromatic rings. The number of hydrogen-bond acceptors (Lipinski definition) is 3. The van der Waals surface area contributed by atoms with Crippen LogP contribution in [-0.2, 0) is 6.18 Å². The Morgan fingerprint density at radius 3 is 2.62 bits per heavy atom. The molecule has 1 aromatic carbocycles. The summed E-state index contributed by atoms with van der Waals surface area (Å²) in [5.74, 6) is 0.856. The molecule has 1 aliphatic heterocycles. The van der Waals surface area contributed by atoms with Crippen molar-refractivity contribution in [2.75, 3.05) is 18.4 Å². The fourth-order valence-corrected chi connectivity index (χ4v) is 3.08. The molecule has 1 fully saturated rings. The predicted octanol–water partition coefficient (Wildman–Crippen LogP) is 4.72. The molecule has 1 unspecified atom stereocenters. The van der Waals surface area contributed by atoms with E-state index in [0.29, 0.717) is 23.0 Å².